The number of nitrogens with zero attached hydrogens (tertiary/aromatic N) is 6. The Morgan fingerprint density at radius 3 is 2.39 bits per heavy atom. The van der Waals surface area contributed by atoms with E-state index >= 15 is 0 Å². The summed E-state index contributed by atoms with van der Waals surface area (Å²) >= 11 is 0. The predicted molar refractivity (Wildman–Crippen MR) is 105 cm³/mol. The van der Waals surface area contributed by atoms with Gasteiger partial charge in [0.25, 0.3) is 11.5 Å². The lowest BCUT2D eigenvalue weighted by atomic mass is 10.2. The number of carbonyl (C=O) groups excluding carboxylic acids is 2. The second kappa shape index (κ2) is 7.95. The number of piperazine rings is 1. The van der Waals surface area contributed by atoms with Crippen molar-refractivity contribution in [2.24, 2.45) is 5.92 Å². The van der Waals surface area contributed by atoms with Crippen LogP contribution in [-0.4, -0.2) is 81.4 Å². The lowest BCUT2D eigenvalue weighted by molar-refractivity contribution is 0.0642. The predicted octanol–water partition coefficient (Wildman–Crippen LogP) is 0.887. The molecular formula is C19H26N6O3. The Bertz CT molecular complexity index is 944. The Kier molecular flexibility index (Phi) is 5.62. The van der Waals surface area contributed by atoms with Crippen molar-refractivity contribution in [1.29, 1.82) is 0 Å². The maximum Gasteiger partial charge on any atom is 0.319 e. The first-order valence-electron chi connectivity index (χ1n) is 9.40. The fourth-order valence-corrected chi connectivity index (χ4v) is 3.28. The van der Waals surface area contributed by atoms with Crippen LogP contribution in [0, 0.1) is 5.92 Å². The van der Waals surface area contributed by atoms with Gasteiger partial charge in [0.05, 0.1) is 0 Å². The number of rotatable bonds is 3. The fraction of sp³-hybridized carbons (Fsp3) is 0.526. The standard InChI is InChI=1S/C19H26N6O3/c1-13(2)12-25-16-14(6-5-7-20-16)21-15(18(25)27)17(26)23-8-10-24(11-9-23)19(28)22(3)4/h5-7,13H,8-12H2,1-4H3. The van der Waals surface area contributed by atoms with Crippen LogP contribution in [0.1, 0.15) is 24.3 Å². The van der Waals surface area contributed by atoms with Crippen molar-refractivity contribution >= 4 is 23.1 Å². The average Bonchev–Trinajstić information content (AvgIpc) is 2.68. The normalized spacial score (nSPS) is 14.6. The lowest BCUT2D eigenvalue weighted by Crippen LogP contribution is -2.53. The monoisotopic (exact) mass is 386 g/mol. The molecule has 28 heavy (non-hydrogen) atoms. The van der Waals surface area contributed by atoms with Gasteiger partial charge in [0.15, 0.2) is 11.3 Å². The number of hydrogen-bond acceptors (Lipinski definition) is 5. The molecule has 0 aliphatic carbocycles. The van der Waals surface area contributed by atoms with Crippen LogP contribution < -0.4 is 5.56 Å². The molecule has 9 nitrogen and oxygen atoms in total. The summed E-state index contributed by atoms with van der Waals surface area (Å²) in [6.45, 7) is 6.06. The highest BCUT2D eigenvalue weighted by Crippen LogP contribution is 2.12. The van der Waals surface area contributed by atoms with Gasteiger partial charge in [0.1, 0.15) is 5.52 Å². The number of fused-ring (bicyclic) bond motifs is 1. The molecular weight excluding hydrogens is 360 g/mol. The average molecular weight is 386 g/mol. The van der Waals surface area contributed by atoms with Gasteiger partial charge in [-0.15, -0.1) is 0 Å². The van der Waals surface area contributed by atoms with E-state index in [9.17, 15) is 14.4 Å². The molecule has 1 aliphatic heterocycles. The summed E-state index contributed by atoms with van der Waals surface area (Å²) in [5, 5.41) is 0. The first-order chi connectivity index (χ1) is 13.3. The number of aromatic nitrogens is 3. The van der Waals surface area contributed by atoms with Crippen molar-refractivity contribution in [3.63, 3.8) is 0 Å². The molecule has 0 spiro atoms. The summed E-state index contributed by atoms with van der Waals surface area (Å²) in [5.41, 5.74) is 0.497. The van der Waals surface area contributed by atoms with E-state index in [0.29, 0.717) is 43.9 Å². The first-order valence-corrected chi connectivity index (χ1v) is 9.40. The van der Waals surface area contributed by atoms with Crippen LogP contribution >= 0.6 is 0 Å². The van der Waals surface area contributed by atoms with Crippen molar-refractivity contribution in [2.45, 2.75) is 20.4 Å². The zero-order valence-electron chi connectivity index (χ0n) is 16.8. The number of carbonyl (C=O) groups is 2. The van der Waals surface area contributed by atoms with Crippen LogP contribution in [0.3, 0.4) is 0 Å². The van der Waals surface area contributed by atoms with Gasteiger partial charge >= 0.3 is 6.03 Å². The van der Waals surface area contributed by atoms with E-state index in [2.05, 4.69) is 9.97 Å². The molecule has 0 radical (unpaired) electrons. The molecule has 0 unspecified atom stereocenters. The van der Waals surface area contributed by atoms with Crippen LogP contribution in [0.25, 0.3) is 11.2 Å². The minimum absolute atomic E-state index is 0.0821. The molecule has 0 saturated carbocycles. The fourth-order valence-electron chi connectivity index (χ4n) is 3.28. The van der Waals surface area contributed by atoms with E-state index in [-0.39, 0.29) is 17.6 Å². The third-order valence-corrected chi connectivity index (χ3v) is 4.67. The van der Waals surface area contributed by atoms with Crippen LogP contribution in [0.2, 0.25) is 0 Å². The van der Waals surface area contributed by atoms with E-state index < -0.39 is 11.5 Å². The third-order valence-electron chi connectivity index (χ3n) is 4.67. The molecule has 3 amide bonds. The van der Waals surface area contributed by atoms with E-state index in [1.807, 2.05) is 13.8 Å². The van der Waals surface area contributed by atoms with Gasteiger partial charge in [-0.2, -0.15) is 0 Å². The van der Waals surface area contributed by atoms with Crippen LogP contribution in [0.15, 0.2) is 23.1 Å². The van der Waals surface area contributed by atoms with E-state index in [0.717, 1.165) is 0 Å². The Balaban J connectivity index is 1.89. The summed E-state index contributed by atoms with van der Waals surface area (Å²) in [7, 11) is 3.40. The summed E-state index contributed by atoms with van der Waals surface area (Å²) in [6.07, 6.45) is 1.61. The molecule has 150 valence electrons. The molecule has 1 saturated heterocycles. The number of hydrogen-bond donors (Lipinski definition) is 0. The molecule has 2 aromatic rings. The molecule has 9 heteroatoms. The maximum atomic E-state index is 13.0. The Morgan fingerprint density at radius 1 is 1.14 bits per heavy atom. The second-order valence-electron chi connectivity index (χ2n) is 7.57. The van der Waals surface area contributed by atoms with Gasteiger partial charge in [0.2, 0.25) is 0 Å². The van der Waals surface area contributed by atoms with Crippen molar-refractivity contribution in [2.75, 3.05) is 40.3 Å². The lowest BCUT2D eigenvalue weighted by Gasteiger charge is -2.35. The van der Waals surface area contributed by atoms with Gasteiger partial charge in [-0.3, -0.25) is 14.2 Å². The summed E-state index contributed by atoms with van der Waals surface area (Å²) < 4.78 is 1.53. The van der Waals surface area contributed by atoms with Gasteiger partial charge in [-0.25, -0.2) is 14.8 Å². The maximum absolute atomic E-state index is 13.0. The van der Waals surface area contributed by atoms with Gasteiger partial charge in [-0.1, -0.05) is 13.8 Å². The number of urea groups is 1. The molecule has 0 atom stereocenters. The summed E-state index contributed by atoms with van der Waals surface area (Å²) in [6, 6.07) is 3.41. The van der Waals surface area contributed by atoms with Crippen LogP contribution in [0.4, 0.5) is 4.79 Å². The van der Waals surface area contributed by atoms with Gasteiger partial charge in [-0.05, 0) is 18.1 Å². The molecule has 2 aromatic heterocycles. The van der Waals surface area contributed by atoms with Crippen molar-refractivity contribution in [3.05, 3.63) is 34.4 Å². The quantitative estimate of drug-likeness (QED) is 0.781. The summed E-state index contributed by atoms with van der Waals surface area (Å²) in [5.74, 6) is -0.181. The van der Waals surface area contributed by atoms with Crippen molar-refractivity contribution < 1.29 is 9.59 Å². The minimum Gasteiger partial charge on any atom is -0.334 e. The van der Waals surface area contributed by atoms with E-state index in [1.165, 1.54) is 9.47 Å². The van der Waals surface area contributed by atoms with Crippen LogP contribution in [0.5, 0.6) is 0 Å². The molecule has 3 heterocycles. The Morgan fingerprint density at radius 2 is 1.79 bits per heavy atom. The number of pyridine rings is 1. The van der Waals surface area contributed by atoms with Crippen LogP contribution in [-0.2, 0) is 6.54 Å². The second-order valence-corrected chi connectivity index (χ2v) is 7.57. The highest BCUT2D eigenvalue weighted by Gasteiger charge is 2.28. The molecule has 1 aliphatic rings. The SMILES string of the molecule is CC(C)Cn1c(=O)c(C(=O)N2CCN(C(=O)N(C)C)CC2)nc2cccnc21. The van der Waals surface area contributed by atoms with Crippen molar-refractivity contribution in [1.82, 2.24) is 29.2 Å². The Hall–Kier alpha value is -2.97. The smallest absolute Gasteiger partial charge is 0.319 e. The molecule has 0 aromatic carbocycles. The van der Waals surface area contributed by atoms with E-state index in [1.54, 1.807) is 42.2 Å². The zero-order chi connectivity index (χ0) is 20.4. The topological polar surface area (TPSA) is 91.6 Å². The molecule has 0 N–H and O–H groups in total. The number of amides is 3. The minimum atomic E-state index is -0.420. The van der Waals surface area contributed by atoms with E-state index in [4.69, 9.17) is 0 Å². The van der Waals surface area contributed by atoms with Gasteiger partial charge < -0.3 is 14.7 Å². The Labute approximate surface area is 163 Å². The van der Waals surface area contributed by atoms with Gasteiger partial charge in [0, 0.05) is 53.0 Å². The molecule has 1 fully saturated rings. The largest absolute Gasteiger partial charge is 0.334 e. The van der Waals surface area contributed by atoms with Crippen molar-refractivity contribution in [3.8, 4) is 0 Å². The first kappa shape index (κ1) is 19.8. The zero-order valence-corrected chi connectivity index (χ0v) is 16.8. The molecule has 0 bridgehead atoms. The summed E-state index contributed by atoms with van der Waals surface area (Å²) in [4.78, 5) is 51.5. The third kappa shape index (κ3) is 3.83. The highest BCUT2D eigenvalue weighted by molar-refractivity contribution is 5.93. The molecule has 3 rings (SSSR count). The highest BCUT2D eigenvalue weighted by atomic mass is 16.2.